The Balaban J connectivity index is 2.49. The standard InChI is InChI=1S/C15H24F3N5/c1-10(2)11(3)23-14(19-4)22-9-8-21-13-12(15(16,17)18)6-5-7-20-13/h5-7,10-11H,8-9H2,1-4H3,(H,20,21)(H2,19,22,23). The van der Waals surface area contributed by atoms with E-state index < -0.39 is 11.7 Å². The zero-order valence-corrected chi connectivity index (χ0v) is 13.8. The molecule has 1 aromatic rings. The first-order chi connectivity index (χ1) is 10.8. The van der Waals surface area contributed by atoms with Gasteiger partial charge in [0, 0.05) is 32.4 Å². The summed E-state index contributed by atoms with van der Waals surface area (Å²) in [6.07, 6.45) is -3.09. The fourth-order valence-corrected chi connectivity index (χ4v) is 1.71. The number of nitrogens with zero attached hydrogens (tertiary/aromatic N) is 2. The Bertz CT molecular complexity index is 514. The molecule has 130 valence electrons. The van der Waals surface area contributed by atoms with Crippen LogP contribution in [0.3, 0.4) is 0 Å². The minimum absolute atomic E-state index is 0.166. The molecule has 1 aromatic heterocycles. The van der Waals surface area contributed by atoms with Gasteiger partial charge < -0.3 is 16.0 Å². The number of aliphatic imine (C=N–C) groups is 1. The maximum Gasteiger partial charge on any atom is 0.419 e. The number of pyridine rings is 1. The van der Waals surface area contributed by atoms with E-state index in [9.17, 15) is 13.2 Å². The highest BCUT2D eigenvalue weighted by molar-refractivity contribution is 5.79. The van der Waals surface area contributed by atoms with E-state index in [0.29, 0.717) is 18.4 Å². The number of anilines is 1. The number of hydrogen-bond donors (Lipinski definition) is 3. The van der Waals surface area contributed by atoms with Gasteiger partial charge in [-0.3, -0.25) is 4.99 Å². The molecular formula is C15H24F3N5. The molecular weight excluding hydrogens is 307 g/mol. The third kappa shape index (κ3) is 6.33. The monoisotopic (exact) mass is 331 g/mol. The predicted molar refractivity (Wildman–Crippen MR) is 86.5 cm³/mol. The van der Waals surface area contributed by atoms with E-state index in [0.717, 1.165) is 6.07 Å². The Hall–Kier alpha value is -1.99. The summed E-state index contributed by atoms with van der Waals surface area (Å²) in [6.45, 7) is 6.92. The van der Waals surface area contributed by atoms with Crippen molar-refractivity contribution in [3.8, 4) is 0 Å². The lowest BCUT2D eigenvalue weighted by Crippen LogP contribution is -2.45. The second kappa shape index (κ2) is 8.59. The van der Waals surface area contributed by atoms with Gasteiger partial charge in [-0.15, -0.1) is 0 Å². The van der Waals surface area contributed by atoms with Crippen LogP contribution in [0.2, 0.25) is 0 Å². The smallest absolute Gasteiger partial charge is 0.368 e. The molecule has 0 amide bonds. The molecule has 23 heavy (non-hydrogen) atoms. The number of aromatic nitrogens is 1. The summed E-state index contributed by atoms with van der Waals surface area (Å²) in [7, 11) is 1.65. The molecule has 0 fully saturated rings. The van der Waals surface area contributed by atoms with Crippen molar-refractivity contribution in [1.29, 1.82) is 0 Å². The fraction of sp³-hybridized carbons (Fsp3) is 0.600. The summed E-state index contributed by atoms with van der Waals surface area (Å²) >= 11 is 0. The Morgan fingerprint density at radius 3 is 2.52 bits per heavy atom. The van der Waals surface area contributed by atoms with E-state index in [1.807, 2.05) is 6.92 Å². The Kier molecular flexibility index (Phi) is 7.12. The molecule has 0 radical (unpaired) electrons. The van der Waals surface area contributed by atoms with Gasteiger partial charge in [-0.05, 0) is 25.0 Å². The van der Waals surface area contributed by atoms with E-state index in [4.69, 9.17) is 0 Å². The number of guanidine groups is 1. The van der Waals surface area contributed by atoms with E-state index in [1.54, 1.807) is 7.05 Å². The molecule has 5 nitrogen and oxygen atoms in total. The molecule has 0 aromatic carbocycles. The van der Waals surface area contributed by atoms with Crippen LogP contribution in [0.4, 0.5) is 19.0 Å². The lowest BCUT2D eigenvalue weighted by Gasteiger charge is -2.21. The van der Waals surface area contributed by atoms with Crippen LogP contribution in [-0.4, -0.2) is 37.1 Å². The molecule has 1 heterocycles. The third-order valence-electron chi connectivity index (χ3n) is 3.41. The van der Waals surface area contributed by atoms with E-state index in [1.165, 1.54) is 12.3 Å². The SMILES string of the molecule is CN=C(NCCNc1ncccc1C(F)(F)F)NC(C)C(C)C. The maximum absolute atomic E-state index is 12.8. The second-order valence-electron chi connectivity index (χ2n) is 5.50. The molecule has 1 rings (SSSR count). The normalized spacial score (nSPS) is 13.8. The number of alkyl halides is 3. The highest BCUT2D eigenvalue weighted by atomic mass is 19.4. The molecule has 1 atom stereocenters. The quantitative estimate of drug-likeness (QED) is 0.426. The average Bonchev–Trinajstić information content (AvgIpc) is 2.49. The van der Waals surface area contributed by atoms with Crippen molar-refractivity contribution < 1.29 is 13.2 Å². The van der Waals surface area contributed by atoms with Crippen molar-refractivity contribution in [2.24, 2.45) is 10.9 Å². The molecule has 0 aliphatic carbocycles. The average molecular weight is 331 g/mol. The van der Waals surface area contributed by atoms with Gasteiger partial charge in [0.2, 0.25) is 0 Å². The maximum atomic E-state index is 12.8. The summed E-state index contributed by atoms with van der Waals surface area (Å²) in [5, 5.41) is 8.97. The van der Waals surface area contributed by atoms with Crippen LogP contribution in [0.25, 0.3) is 0 Å². The highest BCUT2D eigenvalue weighted by Crippen LogP contribution is 2.33. The van der Waals surface area contributed by atoms with Gasteiger partial charge in [-0.2, -0.15) is 13.2 Å². The van der Waals surface area contributed by atoms with Gasteiger partial charge in [-0.1, -0.05) is 13.8 Å². The van der Waals surface area contributed by atoms with Gasteiger partial charge in [0.25, 0.3) is 0 Å². The van der Waals surface area contributed by atoms with Crippen molar-refractivity contribution in [1.82, 2.24) is 15.6 Å². The Labute approximate surface area is 134 Å². The van der Waals surface area contributed by atoms with Crippen LogP contribution in [0.5, 0.6) is 0 Å². The topological polar surface area (TPSA) is 61.3 Å². The van der Waals surface area contributed by atoms with Gasteiger partial charge in [0.1, 0.15) is 5.82 Å². The molecule has 0 aliphatic heterocycles. The van der Waals surface area contributed by atoms with Crippen molar-refractivity contribution in [2.75, 3.05) is 25.5 Å². The summed E-state index contributed by atoms with van der Waals surface area (Å²) < 4.78 is 38.5. The lowest BCUT2D eigenvalue weighted by atomic mass is 10.1. The fourth-order valence-electron chi connectivity index (χ4n) is 1.71. The Morgan fingerprint density at radius 1 is 1.26 bits per heavy atom. The van der Waals surface area contributed by atoms with Crippen LogP contribution < -0.4 is 16.0 Å². The number of hydrogen-bond acceptors (Lipinski definition) is 3. The molecule has 8 heteroatoms. The molecule has 0 saturated heterocycles. The first kappa shape index (κ1) is 19.1. The number of rotatable bonds is 6. The van der Waals surface area contributed by atoms with Crippen molar-refractivity contribution in [3.63, 3.8) is 0 Å². The third-order valence-corrected chi connectivity index (χ3v) is 3.41. The van der Waals surface area contributed by atoms with Crippen molar-refractivity contribution >= 4 is 11.8 Å². The molecule has 0 bridgehead atoms. The van der Waals surface area contributed by atoms with Crippen LogP contribution in [0.1, 0.15) is 26.3 Å². The lowest BCUT2D eigenvalue weighted by molar-refractivity contribution is -0.137. The second-order valence-corrected chi connectivity index (χ2v) is 5.50. The van der Waals surface area contributed by atoms with Crippen LogP contribution in [0, 0.1) is 5.92 Å². The minimum atomic E-state index is -4.42. The van der Waals surface area contributed by atoms with Crippen LogP contribution in [-0.2, 0) is 6.18 Å². The van der Waals surface area contributed by atoms with Crippen molar-refractivity contribution in [3.05, 3.63) is 23.9 Å². The first-order valence-corrected chi connectivity index (χ1v) is 7.49. The highest BCUT2D eigenvalue weighted by Gasteiger charge is 2.33. The molecule has 0 saturated carbocycles. The summed E-state index contributed by atoms with van der Waals surface area (Å²) in [5.41, 5.74) is -0.768. The van der Waals surface area contributed by atoms with Gasteiger partial charge in [-0.25, -0.2) is 4.98 Å². The van der Waals surface area contributed by atoms with Crippen LogP contribution in [0.15, 0.2) is 23.3 Å². The van der Waals surface area contributed by atoms with Gasteiger partial charge >= 0.3 is 6.18 Å². The van der Waals surface area contributed by atoms with Crippen molar-refractivity contribution in [2.45, 2.75) is 33.0 Å². The largest absolute Gasteiger partial charge is 0.419 e. The molecule has 0 spiro atoms. The summed E-state index contributed by atoms with van der Waals surface area (Å²) in [5.74, 6) is 0.889. The number of halogens is 3. The molecule has 3 N–H and O–H groups in total. The first-order valence-electron chi connectivity index (χ1n) is 7.49. The summed E-state index contributed by atoms with van der Waals surface area (Å²) in [6, 6.07) is 2.51. The molecule has 1 unspecified atom stereocenters. The Morgan fingerprint density at radius 2 is 1.96 bits per heavy atom. The minimum Gasteiger partial charge on any atom is -0.368 e. The number of nitrogens with one attached hydrogen (secondary N) is 3. The zero-order chi connectivity index (χ0) is 17.5. The van der Waals surface area contributed by atoms with Gasteiger partial charge in [0.15, 0.2) is 5.96 Å². The van der Waals surface area contributed by atoms with Crippen LogP contribution >= 0.6 is 0 Å². The molecule has 0 aliphatic rings. The predicted octanol–water partition coefficient (Wildman–Crippen LogP) is 2.72. The van der Waals surface area contributed by atoms with E-state index in [-0.39, 0.29) is 18.4 Å². The van der Waals surface area contributed by atoms with E-state index in [2.05, 4.69) is 39.8 Å². The van der Waals surface area contributed by atoms with Gasteiger partial charge in [0.05, 0.1) is 5.56 Å². The summed E-state index contributed by atoms with van der Waals surface area (Å²) in [4.78, 5) is 7.83. The zero-order valence-electron chi connectivity index (χ0n) is 13.8. The van der Waals surface area contributed by atoms with E-state index >= 15 is 0 Å².